The van der Waals surface area contributed by atoms with Crippen molar-refractivity contribution in [3.8, 4) is 0 Å². The van der Waals surface area contributed by atoms with E-state index in [0.717, 1.165) is 43.4 Å². The first kappa shape index (κ1) is 27.5. The lowest BCUT2D eigenvalue weighted by Gasteiger charge is -2.49. The molecule has 0 aromatic carbocycles. The second-order valence-electron chi connectivity index (χ2n) is 12.9. The van der Waals surface area contributed by atoms with Crippen LogP contribution in [0.2, 0.25) is 0 Å². The number of carbonyl (C=O) groups excluding carboxylic acids is 2. The molecule has 5 atom stereocenters. The normalized spacial score (nSPS) is 34.5. The van der Waals surface area contributed by atoms with Crippen LogP contribution in [0.4, 0.5) is 4.39 Å². The second-order valence-corrected chi connectivity index (χ2v) is 13.4. The van der Waals surface area contributed by atoms with Crippen molar-refractivity contribution in [2.24, 2.45) is 11.8 Å². The number of rotatable bonds is 5. The predicted octanol–water partition coefficient (Wildman–Crippen LogP) is 3.71. The van der Waals surface area contributed by atoms with Crippen LogP contribution in [0.25, 0.3) is 0 Å². The molecule has 1 saturated heterocycles. The number of fused-ring (bicyclic) bond motifs is 2. The number of hydrogen-bond acceptors (Lipinski definition) is 5. The number of carbonyl (C=O) groups is 2. The topological polar surface area (TPSA) is 102 Å². The minimum Gasteiger partial charge on any atom is -0.394 e. The number of halogens is 2. The summed E-state index contributed by atoms with van der Waals surface area (Å²) < 4.78 is 14.9. The predicted molar refractivity (Wildman–Crippen MR) is 146 cm³/mol. The summed E-state index contributed by atoms with van der Waals surface area (Å²) in [6, 6.07) is -0.397. The van der Waals surface area contributed by atoms with Crippen LogP contribution >= 0.6 is 11.6 Å². The first-order chi connectivity index (χ1) is 18.8. The first-order valence-electron chi connectivity index (χ1n) is 15.1. The molecule has 4 fully saturated rings. The summed E-state index contributed by atoms with van der Waals surface area (Å²) in [4.78, 5) is 30.8. The van der Waals surface area contributed by atoms with Gasteiger partial charge in [-0.15, -0.1) is 11.6 Å². The molecule has 0 bridgehead atoms. The van der Waals surface area contributed by atoms with Gasteiger partial charge in [-0.1, -0.05) is 32.1 Å². The third kappa shape index (κ3) is 4.70. The van der Waals surface area contributed by atoms with Crippen molar-refractivity contribution < 1.29 is 19.1 Å². The zero-order chi connectivity index (χ0) is 27.4. The van der Waals surface area contributed by atoms with E-state index in [1.165, 1.54) is 32.1 Å². The van der Waals surface area contributed by atoms with Gasteiger partial charge < -0.3 is 14.9 Å². The molecular weight excluding hydrogens is 521 g/mol. The number of H-pyrrole nitrogens is 1. The molecule has 1 aromatic rings. The molecule has 216 valence electrons. The van der Waals surface area contributed by atoms with Crippen molar-refractivity contribution in [2.75, 3.05) is 20.2 Å². The highest BCUT2D eigenvalue weighted by atomic mass is 35.5. The number of aromatic amines is 1. The Morgan fingerprint density at radius 3 is 2.56 bits per heavy atom. The second kappa shape index (κ2) is 10.6. The quantitative estimate of drug-likeness (QED) is 0.474. The fraction of sp³-hybridized carbons (Fsp3) is 0.828. The Hall–Kier alpha value is -1.71. The minimum atomic E-state index is -1.03. The fourth-order valence-corrected chi connectivity index (χ4v) is 8.63. The maximum absolute atomic E-state index is 14.9. The molecule has 3 saturated carbocycles. The number of hydrogen-bond donors (Lipinski definition) is 3. The van der Waals surface area contributed by atoms with E-state index in [1.807, 2.05) is 4.90 Å². The van der Waals surface area contributed by atoms with Crippen molar-refractivity contribution in [1.29, 1.82) is 0 Å². The number of aromatic nitrogens is 2. The summed E-state index contributed by atoms with van der Waals surface area (Å²) in [6.07, 6.45) is 11.2. The van der Waals surface area contributed by atoms with E-state index in [-0.39, 0.29) is 29.9 Å². The van der Waals surface area contributed by atoms with Gasteiger partial charge in [0.25, 0.3) is 5.91 Å². The van der Waals surface area contributed by atoms with E-state index in [9.17, 15) is 19.1 Å². The van der Waals surface area contributed by atoms with Gasteiger partial charge in [0.1, 0.15) is 6.17 Å². The molecule has 3 heterocycles. The van der Waals surface area contributed by atoms with Crippen molar-refractivity contribution in [3.63, 3.8) is 0 Å². The molecule has 8 nitrogen and oxygen atoms in total. The zero-order valence-corrected chi connectivity index (χ0v) is 23.8. The van der Waals surface area contributed by atoms with Crippen LogP contribution < -0.4 is 5.32 Å². The summed E-state index contributed by atoms with van der Waals surface area (Å²) in [5.41, 5.74) is 1.23. The molecule has 0 radical (unpaired) electrons. The molecule has 2 amide bonds. The van der Waals surface area contributed by atoms with Crippen LogP contribution in [0.3, 0.4) is 0 Å². The highest BCUT2D eigenvalue weighted by Gasteiger charge is 2.59. The van der Waals surface area contributed by atoms with Gasteiger partial charge in [-0.3, -0.25) is 20.0 Å². The molecule has 2 aliphatic heterocycles. The SMILES string of the molecule is CN(C(=O)c1n[nH]c2c1CN(C(=O)C1CC3C(Cl)C(F)CCC3(C3CCCCCCC3)N1)CC2)C1(CO)CC1. The van der Waals surface area contributed by atoms with E-state index in [1.54, 1.807) is 11.9 Å². The molecule has 3 aliphatic carbocycles. The Labute approximate surface area is 235 Å². The lowest BCUT2D eigenvalue weighted by atomic mass is 9.63. The van der Waals surface area contributed by atoms with Crippen LogP contribution in [0.5, 0.6) is 0 Å². The monoisotopic (exact) mass is 563 g/mol. The molecule has 39 heavy (non-hydrogen) atoms. The van der Waals surface area contributed by atoms with Gasteiger partial charge in [0.05, 0.1) is 23.6 Å². The third-order valence-corrected chi connectivity index (χ3v) is 11.5. The third-order valence-electron chi connectivity index (χ3n) is 10.9. The number of aliphatic hydroxyl groups excluding tert-OH is 1. The maximum Gasteiger partial charge on any atom is 0.274 e. The lowest BCUT2D eigenvalue weighted by molar-refractivity contribution is -0.134. The number of nitrogens with zero attached hydrogens (tertiary/aromatic N) is 3. The van der Waals surface area contributed by atoms with Gasteiger partial charge in [0.2, 0.25) is 5.91 Å². The van der Waals surface area contributed by atoms with Crippen LogP contribution in [0.15, 0.2) is 0 Å². The van der Waals surface area contributed by atoms with Gasteiger partial charge in [0.15, 0.2) is 5.69 Å². The first-order valence-corrected chi connectivity index (χ1v) is 15.5. The van der Waals surface area contributed by atoms with E-state index in [4.69, 9.17) is 11.6 Å². The highest BCUT2D eigenvalue weighted by molar-refractivity contribution is 6.21. The lowest BCUT2D eigenvalue weighted by Crippen LogP contribution is -2.60. The van der Waals surface area contributed by atoms with Gasteiger partial charge in [-0.05, 0) is 56.8 Å². The van der Waals surface area contributed by atoms with Gasteiger partial charge >= 0.3 is 0 Å². The number of likely N-dealkylation sites (N-methyl/N-ethyl adjacent to an activating group) is 1. The van der Waals surface area contributed by atoms with E-state index >= 15 is 0 Å². The van der Waals surface area contributed by atoms with Crippen LogP contribution in [0, 0.1) is 11.8 Å². The molecule has 6 rings (SSSR count). The molecule has 0 spiro atoms. The van der Waals surface area contributed by atoms with Crippen molar-refractivity contribution in [2.45, 2.75) is 119 Å². The molecule has 3 N–H and O–H groups in total. The van der Waals surface area contributed by atoms with Gasteiger partial charge in [-0.25, -0.2) is 4.39 Å². The Kier molecular flexibility index (Phi) is 7.46. The number of nitrogens with one attached hydrogen (secondary N) is 2. The molecule has 10 heteroatoms. The molecule has 5 unspecified atom stereocenters. The highest BCUT2D eigenvalue weighted by Crippen LogP contribution is 2.52. The molecule has 1 aromatic heterocycles. The van der Waals surface area contributed by atoms with Crippen molar-refractivity contribution >= 4 is 23.4 Å². The Bertz CT molecular complexity index is 1090. The summed E-state index contributed by atoms with van der Waals surface area (Å²) in [5, 5.41) is 20.4. The largest absolute Gasteiger partial charge is 0.394 e. The zero-order valence-electron chi connectivity index (χ0n) is 23.1. The summed E-state index contributed by atoms with van der Waals surface area (Å²) in [5.74, 6) is 0.147. The molecule has 5 aliphatic rings. The average Bonchev–Trinajstić information content (AvgIpc) is 3.45. The van der Waals surface area contributed by atoms with E-state index < -0.39 is 23.1 Å². The van der Waals surface area contributed by atoms with Crippen molar-refractivity contribution in [3.05, 3.63) is 17.0 Å². The van der Waals surface area contributed by atoms with Crippen LogP contribution in [-0.2, 0) is 17.8 Å². The standard InChI is InChI=1S/C29H43ClFN5O3/c1-35(28(17-37)12-13-28)27(39)25-19-16-36(14-10-22(19)33-34-25)26(38)23-15-20-24(30)21(31)9-11-29(20,32-23)18-7-5-3-2-4-6-8-18/h18,20-21,23-24,32,37H,2-17H2,1H3,(H,33,34). The molecular formula is C29H43ClFN5O3. The van der Waals surface area contributed by atoms with Crippen LogP contribution in [0.1, 0.15) is 98.8 Å². The summed E-state index contributed by atoms with van der Waals surface area (Å²) >= 11 is 6.78. The fourth-order valence-electron chi connectivity index (χ4n) is 8.17. The van der Waals surface area contributed by atoms with E-state index in [0.29, 0.717) is 44.0 Å². The minimum absolute atomic E-state index is 0.0153. The number of alkyl halides is 2. The maximum atomic E-state index is 14.9. The number of aliphatic hydroxyl groups is 1. The van der Waals surface area contributed by atoms with Gasteiger partial charge in [0, 0.05) is 43.4 Å². The van der Waals surface area contributed by atoms with E-state index in [2.05, 4.69) is 15.5 Å². The smallest absolute Gasteiger partial charge is 0.274 e. The average molecular weight is 564 g/mol. The van der Waals surface area contributed by atoms with Crippen LogP contribution in [-0.4, -0.2) is 85.8 Å². The Morgan fingerprint density at radius 1 is 1.15 bits per heavy atom. The summed E-state index contributed by atoms with van der Waals surface area (Å²) in [7, 11) is 1.72. The number of amides is 2. The Balaban J connectivity index is 1.21. The summed E-state index contributed by atoms with van der Waals surface area (Å²) in [6.45, 7) is 0.805. The van der Waals surface area contributed by atoms with Crippen molar-refractivity contribution in [1.82, 2.24) is 25.3 Å². The van der Waals surface area contributed by atoms with Gasteiger partial charge in [-0.2, -0.15) is 5.10 Å². The Morgan fingerprint density at radius 2 is 1.87 bits per heavy atom.